The molecule has 0 radical (unpaired) electrons. The van der Waals surface area contributed by atoms with Gasteiger partial charge in [-0.15, -0.1) is 0 Å². The molecule has 0 aliphatic rings. The fourth-order valence-electron chi connectivity index (χ4n) is 1.05. The summed E-state index contributed by atoms with van der Waals surface area (Å²) in [7, 11) is 0. The fourth-order valence-corrected chi connectivity index (χ4v) is 1.05. The number of nitrogens with two attached hydrogens (primary N) is 2. The maximum atomic E-state index is 12.8. The van der Waals surface area contributed by atoms with Gasteiger partial charge in [0.05, 0.1) is 0 Å². The van der Waals surface area contributed by atoms with Gasteiger partial charge in [-0.2, -0.15) is 0 Å². The molecular weight excluding hydrogens is 169 g/mol. The summed E-state index contributed by atoms with van der Waals surface area (Å²) in [5, 5.41) is 2.84. The second-order valence-electron chi connectivity index (χ2n) is 2.99. The highest BCUT2D eigenvalue weighted by Gasteiger charge is 1.99. The van der Waals surface area contributed by atoms with Crippen molar-refractivity contribution < 1.29 is 4.39 Å². The van der Waals surface area contributed by atoms with Gasteiger partial charge in [0.1, 0.15) is 12.1 Å². The van der Waals surface area contributed by atoms with Gasteiger partial charge in [-0.1, -0.05) is 12.1 Å². The molecule has 0 saturated heterocycles. The van der Waals surface area contributed by atoms with Crippen molar-refractivity contribution >= 4 is 0 Å². The van der Waals surface area contributed by atoms with Crippen molar-refractivity contribution in [1.82, 2.24) is 5.32 Å². The molecule has 72 valence electrons. The van der Waals surface area contributed by atoms with Crippen molar-refractivity contribution in [3.05, 3.63) is 35.1 Å². The molecule has 1 rings (SSSR count). The van der Waals surface area contributed by atoms with Crippen LogP contribution in [0.4, 0.5) is 4.39 Å². The third-order valence-corrected chi connectivity index (χ3v) is 1.76. The summed E-state index contributed by atoms with van der Waals surface area (Å²) < 4.78 is 12.8. The van der Waals surface area contributed by atoms with Crippen molar-refractivity contribution in [3.8, 4) is 0 Å². The normalized spacial score (nSPS) is 10.8. The molecule has 0 aliphatic carbocycles. The standard InChI is InChI=1S/C9H14FN3/c1-6-4-7(2-3-8(6)10)5-13-9(11)12/h2-4,9,13H,5,11-12H2,1H3. The van der Waals surface area contributed by atoms with Crippen LogP contribution in [0.2, 0.25) is 0 Å². The Kier molecular flexibility index (Phi) is 3.36. The Morgan fingerprint density at radius 1 is 1.46 bits per heavy atom. The second-order valence-corrected chi connectivity index (χ2v) is 2.99. The highest BCUT2D eigenvalue weighted by molar-refractivity contribution is 5.23. The van der Waals surface area contributed by atoms with Crippen LogP contribution in [0.15, 0.2) is 18.2 Å². The van der Waals surface area contributed by atoms with E-state index in [9.17, 15) is 4.39 Å². The minimum atomic E-state index is -0.537. The van der Waals surface area contributed by atoms with Gasteiger partial charge < -0.3 is 11.5 Å². The van der Waals surface area contributed by atoms with Crippen molar-refractivity contribution in [1.29, 1.82) is 0 Å². The molecule has 5 N–H and O–H groups in total. The highest BCUT2D eigenvalue weighted by Crippen LogP contribution is 2.08. The van der Waals surface area contributed by atoms with E-state index in [4.69, 9.17) is 11.5 Å². The first-order valence-corrected chi connectivity index (χ1v) is 4.09. The van der Waals surface area contributed by atoms with E-state index in [-0.39, 0.29) is 5.82 Å². The van der Waals surface area contributed by atoms with E-state index < -0.39 is 6.29 Å². The van der Waals surface area contributed by atoms with Crippen molar-refractivity contribution in [2.75, 3.05) is 0 Å². The van der Waals surface area contributed by atoms with Gasteiger partial charge in [-0.3, -0.25) is 5.32 Å². The molecule has 4 heteroatoms. The zero-order valence-electron chi connectivity index (χ0n) is 7.55. The molecule has 0 aliphatic heterocycles. The van der Waals surface area contributed by atoms with Gasteiger partial charge in [-0.25, -0.2) is 4.39 Å². The van der Waals surface area contributed by atoms with Crippen LogP contribution in [-0.4, -0.2) is 6.29 Å². The summed E-state index contributed by atoms with van der Waals surface area (Å²) >= 11 is 0. The smallest absolute Gasteiger partial charge is 0.126 e. The van der Waals surface area contributed by atoms with Crippen LogP contribution in [0.3, 0.4) is 0 Å². The third-order valence-electron chi connectivity index (χ3n) is 1.76. The predicted octanol–water partition coefficient (Wildman–Crippen LogP) is 0.425. The van der Waals surface area contributed by atoms with Crippen LogP contribution < -0.4 is 16.8 Å². The monoisotopic (exact) mass is 183 g/mol. The zero-order valence-corrected chi connectivity index (χ0v) is 7.55. The quantitative estimate of drug-likeness (QED) is 0.595. The first-order chi connectivity index (χ1) is 6.09. The molecule has 0 bridgehead atoms. The maximum absolute atomic E-state index is 12.8. The van der Waals surface area contributed by atoms with E-state index in [0.717, 1.165) is 5.56 Å². The summed E-state index contributed by atoms with van der Waals surface area (Å²) in [5.41, 5.74) is 12.2. The number of benzene rings is 1. The molecule has 0 unspecified atom stereocenters. The van der Waals surface area contributed by atoms with Gasteiger partial charge in [-0.05, 0) is 24.1 Å². The molecule has 0 spiro atoms. The molecular formula is C9H14FN3. The lowest BCUT2D eigenvalue weighted by Gasteiger charge is -2.08. The number of nitrogens with one attached hydrogen (secondary N) is 1. The largest absolute Gasteiger partial charge is 0.304 e. The van der Waals surface area contributed by atoms with Crippen LogP contribution in [0.5, 0.6) is 0 Å². The van der Waals surface area contributed by atoms with Gasteiger partial charge in [0.15, 0.2) is 0 Å². The Labute approximate surface area is 76.9 Å². The number of hydrogen-bond acceptors (Lipinski definition) is 3. The van der Waals surface area contributed by atoms with Gasteiger partial charge >= 0.3 is 0 Å². The van der Waals surface area contributed by atoms with Gasteiger partial charge in [0.2, 0.25) is 0 Å². The predicted molar refractivity (Wildman–Crippen MR) is 50.1 cm³/mol. The van der Waals surface area contributed by atoms with Crippen LogP contribution in [0.1, 0.15) is 11.1 Å². The van der Waals surface area contributed by atoms with E-state index in [1.54, 1.807) is 19.1 Å². The van der Waals surface area contributed by atoms with Crippen molar-refractivity contribution in [2.45, 2.75) is 19.8 Å². The molecule has 0 amide bonds. The highest BCUT2D eigenvalue weighted by atomic mass is 19.1. The molecule has 0 atom stereocenters. The molecule has 13 heavy (non-hydrogen) atoms. The molecule has 3 nitrogen and oxygen atoms in total. The van der Waals surface area contributed by atoms with E-state index in [2.05, 4.69) is 5.32 Å². The van der Waals surface area contributed by atoms with Crippen LogP contribution in [0, 0.1) is 12.7 Å². The van der Waals surface area contributed by atoms with Crippen LogP contribution in [-0.2, 0) is 6.54 Å². The fraction of sp³-hybridized carbons (Fsp3) is 0.333. The average molecular weight is 183 g/mol. The summed E-state index contributed by atoms with van der Waals surface area (Å²) in [5.74, 6) is -0.194. The lowest BCUT2D eigenvalue weighted by molar-refractivity contribution is 0.543. The number of hydrogen-bond donors (Lipinski definition) is 3. The molecule has 1 aromatic carbocycles. The van der Waals surface area contributed by atoms with E-state index >= 15 is 0 Å². The first-order valence-electron chi connectivity index (χ1n) is 4.09. The van der Waals surface area contributed by atoms with E-state index in [0.29, 0.717) is 12.1 Å². The number of halogens is 1. The van der Waals surface area contributed by atoms with Crippen LogP contribution in [0.25, 0.3) is 0 Å². The minimum Gasteiger partial charge on any atom is -0.304 e. The Bertz CT molecular complexity index is 286. The molecule has 0 aromatic heterocycles. The lowest BCUT2D eigenvalue weighted by Crippen LogP contribution is -2.44. The Hall–Kier alpha value is -0.970. The summed E-state index contributed by atoms with van der Waals surface area (Å²) in [4.78, 5) is 0. The summed E-state index contributed by atoms with van der Waals surface area (Å²) in [6, 6.07) is 4.91. The summed E-state index contributed by atoms with van der Waals surface area (Å²) in [6.07, 6.45) is -0.537. The van der Waals surface area contributed by atoms with Crippen molar-refractivity contribution in [2.24, 2.45) is 11.5 Å². The zero-order chi connectivity index (χ0) is 9.84. The van der Waals surface area contributed by atoms with Gasteiger partial charge in [0, 0.05) is 6.54 Å². The Morgan fingerprint density at radius 2 is 2.15 bits per heavy atom. The van der Waals surface area contributed by atoms with Crippen LogP contribution >= 0.6 is 0 Å². The Balaban J connectivity index is 2.63. The maximum Gasteiger partial charge on any atom is 0.126 e. The minimum absolute atomic E-state index is 0.194. The Morgan fingerprint density at radius 3 is 2.69 bits per heavy atom. The second kappa shape index (κ2) is 4.32. The average Bonchev–Trinajstić information content (AvgIpc) is 2.07. The third kappa shape index (κ3) is 3.10. The van der Waals surface area contributed by atoms with E-state index in [1.807, 2.05) is 0 Å². The SMILES string of the molecule is Cc1cc(CNC(N)N)ccc1F. The topological polar surface area (TPSA) is 64.1 Å². The number of rotatable bonds is 3. The molecule has 1 aromatic rings. The molecule has 0 saturated carbocycles. The van der Waals surface area contributed by atoms with Crippen molar-refractivity contribution in [3.63, 3.8) is 0 Å². The van der Waals surface area contributed by atoms with E-state index in [1.165, 1.54) is 6.07 Å². The lowest BCUT2D eigenvalue weighted by atomic mass is 10.1. The molecule has 0 fully saturated rings. The first kappa shape index (κ1) is 10.1. The molecule has 0 heterocycles. The van der Waals surface area contributed by atoms with Gasteiger partial charge in [0.25, 0.3) is 0 Å². The number of aryl methyl sites for hydroxylation is 1. The summed E-state index contributed by atoms with van der Waals surface area (Å²) in [6.45, 7) is 2.28.